The number of aromatic nitrogens is 1. The van der Waals surface area contributed by atoms with Crippen LogP contribution >= 0.6 is 0 Å². The highest BCUT2D eigenvalue weighted by atomic mass is 19.4. The SMILES string of the molecule is Cc1ccc(C(=O)NCc2cccc(F)c2)c(=O)n1-c1cccc(C(F)(F)F)c1. The third-order valence-corrected chi connectivity index (χ3v) is 4.30. The van der Waals surface area contributed by atoms with Crippen molar-refractivity contribution in [2.24, 2.45) is 0 Å². The van der Waals surface area contributed by atoms with Gasteiger partial charge in [-0.1, -0.05) is 18.2 Å². The zero-order valence-electron chi connectivity index (χ0n) is 15.3. The summed E-state index contributed by atoms with van der Waals surface area (Å²) in [5, 5.41) is 2.52. The lowest BCUT2D eigenvalue weighted by molar-refractivity contribution is -0.137. The fourth-order valence-electron chi connectivity index (χ4n) is 2.87. The van der Waals surface area contributed by atoms with Crippen molar-refractivity contribution in [3.05, 3.63) is 99.2 Å². The van der Waals surface area contributed by atoms with Gasteiger partial charge in [-0.25, -0.2) is 4.39 Å². The largest absolute Gasteiger partial charge is 0.416 e. The van der Waals surface area contributed by atoms with Crippen LogP contribution in [0.3, 0.4) is 0 Å². The van der Waals surface area contributed by atoms with Crippen LogP contribution in [0.15, 0.2) is 65.5 Å². The van der Waals surface area contributed by atoms with Crippen LogP contribution in [0.4, 0.5) is 17.6 Å². The lowest BCUT2D eigenvalue weighted by Crippen LogP contribution is -2.33. The molecular weight excluding hydrogens is 388 g/mol. The molecule has 3 rings (SSSR count). The highest BCUT2D eigenvalue weighted by Crippen LogP contribution is 2.30. The van der Waals surface area contributed by atoms with Gasteiger partial charge in [-0.05, 0) is 55.0 Å². The number of nitrogens with one attached hydrogen (secondary N) is 1. The molecule has 0 aliphatic carbocycles. The molecule has 0 aliphatic heterocycles. The molecule has 1 N–H and O–H groups in total. The average molecular weight is 404 g/mol. The zero-order chi connectivity index (χ0) is 21.2. The van der Waals surface area contributed by atoms with Gasteiger partial charge in [0.15, 0.2) is 0 Å². The van der Waals surface area contributed by atoms with Gasteiger partial charge in [0.1, 0.15) is 11.4 Å². The minimum atomic E-state index is -4.56. The van der Waals surface area contributed by atoms with Crippen LogP contribution in [0, 0.1) is 12.7 Å². The Balaban J connectivity index is 1.93. The number of carbonyl (C=O) groups excluding carboxylic acids is 1. The molecule has 0 atom stereocenters. The molecule has 0 aliphatic rings. The number of aryl methyl sites for hydroxylation is 1. The van der Waals surface area contributed by atoms with Gasteiger partial charge in [0.25, 0.3) is 11.5 Å². The maximum absolute atomic E-state index is 13.2. The smallest absolute Gasteiger partial charge is 0.348 e. The molecule has 0 unspecified atom stereocenters. The molecule has 1 amide bonds. The third kappa shape index (κ3) is 4.53. The number of rotatable bonds is 4. The van der Waals surface area contributed by atoms with Gasteiger partial charge in [0, 0.05) is 17.9 Å². The van der Waals surface area contributed by atoms with Gasteiger partial charge < -0.3 is 5.32 Å². The molecule has 1 aromatic heterocycles. The first-order valence-electron chi connectivity index (χ1n) is 8.60. The molecule has 8 heteroatoms. The van der Waals surface area contributed by atoms with Crippen LogP contribution in [0.25, 0.3) is 5.69 Å². The summed E-state index contributed by atoms with van der Waals surface area (Å²) < 4.78 is 53.3. The quantitative estimate of drug-likeness (QED) is 0.662. The second kappa shape index (κ2) is 7.90. The first kappa shape index (κ1) is 20.3. The minimum Gasteiger partial charge on any atom is -0.348 e. The minimum absolute atomic E-state index is 0.00195. The Bertz CT molecular complexity index is 1120. The number of alkyl halides is 3. The van der Waals surface area contributed by atoms with Crippen molar-refractivity contribution in [2.75, 3.05) is 0 Å². The number of amides is 1. The second-order valence-electron chi connectivity index (χ2n) is 6.39. The molecule has 0 radical (unpaired) electrons. The Labute approximate surface area is 163 Å². The van der Waals surface area contributed by atoms with Gasteiger partial charge in [0.05, 0.1) is 5.56 Å². The van der Waals surface area contributed by atoms with Gasteiger partial charge in [-0.2, -0.15) is 13.2 Å². The molecule has 0 bridgehead atoms. The monoisotopic (exact) mass is 404 g/mol. The lowest BCUT2D eigenvalue weighted by atomic mass is 10.1. The van der Waals surface area contributed by atoms with E-state index in [4.69, 9.17) is 0 Å². The lowest BCUT2D eigenvalue weighted by Gasteiger charge is -2.14. The van der Waals surface area contributed by atoms with E-state index in [9.17, 15) is 27.2 Å². The fourth-order valence-corrected chi connectivity index (χ4v) is 2.87. The van der Waals surface area contributed by atoms with E-state index >= 15 is 0 Å². The maximum Gasteiger partial charge on any atom is 0.416 e. The topological polar surface area (TPSA) is 51.1 Å². The van der Waals surface area contributed by atoms with Crippen LogP contribution in [0.5, 0.6) is 0 Å². The number of carbonyl (C=O) groups is 1. The number of benzene rings is 2. The van der Waals surface area contributed by atoms with Gasteiger partial charge in [-0.15, -0.1) is 0 Å². The van der Waals surface area contributed by atoms with E-state index in [1.165, 1.54) is 42.5 Å². The normalized spacial score (nSPS) is 11.3. The fraction of sp³-hybridized carbons (Fsp3) is 0.143. The Kier molecular flexibility index (Phi) is 5.54. The van der Waals surface area contributed by atoms with E-state index in [2.05, 4.69) is 5.32 Å². The first-order valence-corrected chi connectivity index (χ1v) is 8.60. The van der Waals surface area contributed by atoms with E-state index in [0.717, 1.165) is 16.7 Å². The third-order valence-electron chi connectivity index (χ3n) is 4.30. The number of hydrogen-bond donors (Lipinski definition) is 1. The highest BCUT2D eigenvalue weighted by molar-refractivity contribution is 5.93. The maximum atomic E-state index is 13.2. The van der Waals surface area contributed by atoms with E-state index in [0.29, 0.717) is 11.3 Å². The molecule has 3 aromatic rings. The van der Waals surface area contributed by atoms with E-state index in [1.807, 2.05) is 0 Å². The molecule has 1 heterocycles. The highest BCUT2D eigenvalue weighted by Gasteiger charge is 2.30. The van der Waals surface area contributed by atoms with Crippen LogP contribution in [0.2, 0.25) is 0 Å². The molecule has 150 valence electrons. The standard InChI is InChI=1S/C21H16F4N2O2/c1-13-8-9-18(19(28)26-12-14-4-2-6-16(22)10-14)20(29)27(13)17-7-3-5-15(11-17)21(23,24)25/h2-11H,12H2,1H3,(H,26,28). The Morgan fingerprint density at radius 2 is 1.76 bits per heavy atom. The van der Waals surface area contributed by atoms with Crippen molar-refractivity contribution in [3.63, 3.8) is 0 Å². The number of pyridine rings is 1. The summed E-state index contributed by atoms with van der Waals surface area (Å²) in [5.41, 5.74) is -1.01. The summed E-state index contributed by atoms with van der Waals surface area (Å²) >= 11 is 0. The summed E-state index contributed by atoms with van der Waals surface area (Å²) in [6.07, 6.45) is -4.56. The Morgan fingerprint density at radius 3 is 2.45 bits per heavy atom. The molecule has 2 aromatic carbocycles. The zero-order valence-corrected chi connectivity index (χ0v) is 15.3. The van der Waals surface area contributed by atoms with E-state index in [1.54, 1.807) is 13.0 Å². The van der Waals surface area contributed by atoms with Crippen molar-refractivity contribution >= 4 is 5.91 Å². The van der Waals surface area contributed by atoms with Crippen LogP contribution < -0.4 is 10.9 Å². The van der Waals surface area contributed by atoms with Gasteiger partial charge in [0.2, 0.25) is 0 Å². The Hall–Kier alpha value is -3.42. The van der Waals surface area contributed by atoms with E-state index in [-0.39, 0.29) is 17.8 Å². The summed E-state index contributed by atoms with van der Waals surface area (Å²) in [7, 11) is 0. The second-order valence-corrected chi connectivity index (χ2v) is 6.39. The summed E-state index contributed by atoms with van der Waals surface area (Å²) in [5.74, 6) is -1.17. The molecule has 0 saturated heterocycles. The number of nitrogens with zero attached hydrogens (tertiary/aromatic N) is 1. The predicted molar refractivity (Wildman–Crippen MR) is 99.3 cm³/mol. The predicted octanol–water partition coefficient (Wildman–Crippen LogP) is 4.23. The van der Waals surface area contributed by atoms with Gasteiger partial charge in [-0.3, -0.25) is 14.2 Å². The summed E-state index contributed by atoms with van der Waals surface area (Å²) in [6.45, 7) is 1.55. The average Bonchev–Trinajstić information content (AvgIpc) is 2.66. The van der Waals surface area contributed by atoms with Crippen molar-refractivity contribution in [2.45, 2.75) is 19.6 Å². The van der Waals surface area contributed by atoms with Gasteiger partial charge >= 0.3 is 6.18 Å². The molecular formula is C21H16F4N2O2. The number of halogens is 4. The van der Waals surface area contributed by atoms with Crippen molar-refractivity contribution < 1.29 is 22.4 Å². The summed E-state index contributed by atoms with van der Waals surface area (Å²) in [4.78, 5) is 25.3. The van der Waals surface area contributed by atoms with Crippen molar-refractivity contribution in [3.8, 4) is 5.69 Å². The van der Waals surface area contributed by atoms with Crippen LogP contribution in [0.1, 0.15) is 27.2 Å². The van der Waals surface area contributed by atoms with Crippen LogP contribution in [-0.2, 0) is 12.7 Å². The molecule has 29 heavy (non-hydrogen) atoms. The first-order chi connectivity index (χ1) is 13.7. The summed E-state index contributed by atoms with van der Waals surface area (Å²) in [6, 6.07) is 12.7. The number of hydrogen-bond acceptors (Lipinski definition) is 2. The Morgan fingerprint density at radius 1 is 1.03 bits per heavy atom. The van der Waals surface area contributed by atoms with Crippen molar-refractivity contribution in [1.29, 1.82) is 0 Å². The molecule has 0 saturated carbocycles. The molecule has 4 nitrogen and oxygen atoms in total. The molecule has 0 spiro atoms. The molecule has 0 fully saturated rings. The van der Waals surface area contributed by atoms with Crippen LogP contribution in [-0.4, -0.2) is 10.5 Å². The van der Waals surface area contributed by atoms with Crippen molar-refractivity contribution in [1.82, 2.24) is 9.88 Å². The van der Waals surface area contributed by atoms with E-state index < -0.39 is 29.0 Å².